The van der Waals surface area contributed by atoms with E-state index in [0.29, 0.717) is 30.4 Å². The molecule has 0 unspecified atom stereocenters. The van der Waals surface area contributed by atoms with Gasteiger partial charge in [-0.3, -0.25) is 0 Å². The number of morpholine rings is 1. The standard InChI is InChI=1S/C22H24N2O6S2/c1-14-11-24(12-15(2)29-14)32(26,27)18-8-6-17(7-9-18)22(25)28-13-19-16(3)30-21(23-19)20-5-4-10-31-20/h4-10,14-15H,11-13H2,1-3H3/t14-,15-/m0/s1. The number of esters is 1. The predicted molar refractivity (Wildman–Crippen MR) is 119 cm³/mol. The quantitative estimate of drug-likeness (QED) is 0.498. The summed E-state index contributed by atoms with van der Waals surface area (Å²) in [6, 6.07) is 9.56. The highest BCUT2D eigenvalue weighted by molar-refractivity contribution is 7.89. The lowest BCUT2D eigenvalue weighted by Crippen LogP contribution is -2.48. The molecule has 1 aliphatic rings. The van der Waals surface area contributed by atoms with Crippen molar-refractivity contribution in [1.29, 1.82) is 0 Å². The van der Waals surface area contributed by atoms with Gasteiger partial charge in [0.25, 0.3) is 0 Å². The summed E-state index contributed by atoms with van der Waals surface area (Å²) >= 11 is 1.51. The van der Waals surface area contributed by atoms with E-state index < -0.39 is 16.0 Å². The Labute approximate surface area is 190 Å². The molecule has 2 atom stereocenters. The molecule has 10 heteroatoms. The van der Waals surface area contributed by atoms with Crippen LogP contribution in [0.25, 0.3) is 10.8 Å². The number of hydrogen-bond acceptors (Lipinski definition) is 8. The van der Waals surface area contributed by atoms with E-state index in [0.717, 1.165) is 4.88 Å². The fourth-order valence-corrected chi connectivity index (χ4v) is 5.76. The van der Waals surface area contributed by atoms with Crippen LogP contribution in [-0.2, 0) is 26.1 Å². The predicted octanol–water partition coefficient (Wildman–Crippen LogP) is 3.87. The maximum Gasteiger partial charge on any atom is 0.338 e. The summed E-state index contributed by atoms with van der Waals surface area (Å²) in [7, 11) is -3.67. The van der Waals surface area contributed by atoms with Crippen LogP contribution in [0.1, 0.15) is 35.7 Å². The highest BCUT2D eigenvalue weighted by Gasteiger charge is 2.32. The summed E-state index contributed by atoms with van der Waals surface area (Å²) in [5, 5.41) is 1.93. The van der Waals surface area contributed by atoms with Gasteiger partial charge >= 0.3 is 5.97 Å². The first-order valence-electron chi connectivity index (χ1n) is 10.2. The molecule has 1 aromatic carbocycles. The molecule has 1 saturated heterocycles. The topological polar surface area (TPSA) is 98.9 Å². The molecule has 0 N–H and O–H groups in total. The Balaban J connectivity index is 1.41. The minimum atomic E-state index is -3.67. The highest BCUT2D eigenvalue weighted by Crippen LogP contribution is 2.26. The first-order chi connectivity index (χ1) is 15.2. The summed E-state index contributed by atoms with van der Waals surface area (Å²) < 4.78 is 43.9. The van der Waals surface area contributed by atoms with Crippen molar-refractivity contribution in [2.75, 3.05) is 13.1 Å². The van der Waals surface area contributed by atoms with Gasteiger partial charge in [-0.25, -0.2) is 18.2 Å². The number of thiophene rings is 1. The van der Waals surface area contributed by atoms with Crippen molar-refractivity contribution in [3.8, 4) is 10.8 Å². The minimum Gasteiger partial charge on any atom is -0.455 e. The molecule has 0 saturated carbocycles. The van der Waals surface area contributed by atoms with Gasteiger partial charge in [-0.2, -0.15) is 4.31 Å². The molecule has 3 aromatic rings. The number of hydrogen-bond donors (Lipinski definition) is 0. The van der Waals surface area contributed by atoms with Crippen molar-refractivity contribution in [3.05, 3.63) is 58.8 Å². The van der Waals surface area contributed by atoms with E-state index in [4.69, 9.17) is 13.9 Å². The molecule has 0 aliphatic carbocycles. The average molecular weight is 477 g/mol. The van der Waals surface area contributed by atoms with Crippen LogP contribution >= 0.6 is 11.3 Å². The van der Waals surface area contributed by atoms with E-state index in [1.165, 1.54) is 39.9 Å². The molecule has 2 aromatic heterocycles. The van der Waals surface area contributed by atoms with Gasteiger partial charge in [0.05, 0.1) is 27.5 Å². The lowest BCUT2D eigenvalue weighted by atomic mass is 10.2. The lowest BCUT2D eigenvalue weighted by Gasteiger charge is -2.34. The van der Waals surface area contributed by atoms with Crippen LogP contribution in [0, 0.1) is 6.92 Å². The van der Waals surface area contributed by atoms with Crippen molar-refractivity contribution in [3.63, 3.8) is 0 Å². The van der Waals surface area contributed by atoms with Gasteiger partial charge in [0.2, 0.25) is 15.9 Å². The van der Waals surface area contributed by atoms with Gasteiger partial charge in [-0.15, -0.1) is 11.3 Å². The van der Waals surface area contributed by atoms with Gasteiger partial charge < -0.3 is 13.9 Å². The number of carbonyl (C=O) groups is 1. The Morgan fingerprint density at radius 3 is 2.50 bits per heavy atom. The summed E-state index contributed by atoms with van der Waals surface area (Å²) in [6.07, 6.45) is -0.355. The van der Waals surface area contributed by atoms with Crippen LogP contribution in [0.4, 0.5) is 0 Å². The molecule has 1 fully saturated rings. The zero-order valence-corrected chi connectivity index (χ0v) is 19.6. The third-order valence-corrected chi connectivity index (χ3v) is 7.78. The molecule has 3 heterocycles. The lowest BCUT2D eigenvalue weighted by molar-refractivity contribution is -0.0440. The molecule has 1 aliphatic heterocycles. The second-order valence-electron chi connectivity index (χ2n) is 7.68. The molecule has 0 amide bonds. The number of oxazole rings is 1. The zero-order chi connectivity index (χ0) is 22.9. The highest BCUT2D eigenvalue weighted by atomic mass is 32.2. The minimum absolute atomic E-state index is 0.0385. The molecule has 4 rings (SSSR count). The Morgan fingerprint density at radius 1 is 1.19 bits per heavy atom. The summed E-state index contributed by atoms with van der Waals surface area (Å²) in [6.45, 7) is 6.00. The van der Waals surface area contributed by atoms with Crippen LogP contribution < -0.4 is 0 Å². The SMILES string of the molecule is Cc1oc(-c2cccs2)nc1COC(=O)c1ccc(S(=O)(=O)N2C[C@H](C)O[C@@H](C)C2)cc1. The Hall–Kier alpha value is -2.53. The van der Waals surface area contributed by atoms with Crippen LogP contribution in [0.5, 0.6) is 0 Å². The number of carbonyl (C=O) groups excluding carboxylic acids is 1. The third-order valence-electron chi connectivity index (χ3n) is 5.08. The number of rotatable bonds is 6. The first kappa shape index (κ1) is 22.7. The van der Waals surface area contributed by atoms with Gasteiger partial charge in [0, 0.05) is 13.1 Å². The second-order valence-corrected chi connectivity index (χ2v) is 10.6. The van der Waals surface area contributed by atoms with Crippen LogP contribution in [0.15, 0.2) is 51.1 Å². The molecule has 8 nitrogen and oxygen atoms in total. The normalized spacial score (nSPS) is 19.7. The summed E-state index contributed by atoms with van der Waals surface area (Å²) in [4.78, 5) is 17.9. The molecule has 32 heavy (non-hydrogen) atoms. The first-order valence-corrected chi connectivity index (χ1v) is 12.5. The number of sulfonamides is 1. The number of nitrogens with zero attached hydrogens (tertiary/aromatic N) is 2. The maximum atomic E-state index is 12.9. The Kier molecular flexibility index (Phi) is 6.47. The van der Waals surface area contributed by atoms with Crippen molar-refractivity contribution in [2.45, 2.75) is 44.5 Å². The average Bonchev–Trinajstić information content (AvgIpc) is 3.41. The number of benzene rings is 1. The van der Waals surface area contributed by atoms with Gasteiger partial charge in [-0.1, -0.05) is 6.07 Å². The monoisotopic (exact) mass is 476 g/mol. The van der Waals surface area contributed by atoms with Crippen molar-refractivity contribution >= 4 is 27.3 Å². The largest absolute Gasteiger partial charge is 0.455 e. The van der Waals surface area contributed by atoms with E-state index >= 15 is 0 Å². The summed E-state index contributed by atoms with van der Waals surface area (Å²) in [5.74, 6) is 0.504. The smallest absolute Gasteiger partial charge is 0.338 e. The Bertz CT molecular complexity index is 1180. The van der Waals surface area contributed by atoms with E-state index in [1.54, 1.807) is 6.92 Å². The molecule has 0 spiro atoms. The second kappa shape index (κ2) is 9.14. The fourth-order valence-electron chi connectivity index (χ4n) is 3.52. The molecular formula is C22H24N2O6S2. The molecular weight excluding hydrogens is 452 g/mol. The fraction of sp³-hybridized carbons (Fsp3) is 0.364. The number of ether oxygens (including phenoxy) is 2. The van der Waals surface area contributed by atoms with Crippen molar-refractivity contribution in [2.24, 2.45) is 0 Å². The van der Waals surface area contributed by atoms with E-state index in [9.17, 15) is 13.2 Å². The summed E-state index contributed by atoms with van der Waals surface area (Å²) in [5.41, 5.74) is 0.795. The van der Waals surface area contributed by atoms with Crippen LogP contribution in [0.3, 0.4) is 0 Å². The maximum absolute atomic E-state index is 12.9. The molecule has 170 valence electrons. The number of aryl methyl sites for hydroxylation is 1. The third kappa shape index (κ3) is 4.78. The van der Waals surface area contributed by atoms with Crippen LogP contribution in [-0.4, -0.2) is 49.0 Å². The van der Waals surface area contributed by atoms with Gasteiger partial charge in [0.15, 0.2) is 0 Å². The van der Waals surface area contributed by atoms with Crippen molar-refractivity contribution < 1.29 is 27.1 Å². The van der Waals surface area contributed by atoms with E-state index in [1.807, 2.05) is 31.4 Å². The Morgan fingerprint density at radius 2 is 1.88 bits per heavy atom. The zero-order valence-electron chi connectivity index (χ0n) is 18.0. The molecule has 0 bridgehead atoms. The van der Waals surface area contributed by atoms with Crippen LogP contribution in [0.2, 0.25) is 0 Å². The molecule has 0 radical (unpaired) electrons. The number of aromatic nitrogens is 1. The van der Waals surface area contributed by atoms with Gasteiger partial charge in [0.1, 0.15) is 18.1 Å². The van der Waals surface area contributed by atoms with E-state index in [-0.39, 0.29) is 29.3 Å². The van der Waals surface area contributed by atoms with Crippen molar-refractivity contribution in [1.82, 2.24) is 9.29 Å². The van der Waals surface area contributed by atoms with E-state index in [2.05, 4.69) is 4.98 Å². The van der Waals surface area contributed by atoms with Gasteiger partial charge in [-0.05, 0) is 56.5 Å².